The lowest BCUT2D eigenvalue weighted by Gasteiger charge is -2.26. The van der Waals surface area contributed by atoms with Gasteiger partial charge in [0.05, 0.1) is 24.5 Å². The summed E-state index contributed by atoms with van der Waals surface area (Å²) >= 11 is 3.23. The fraction of sp³-hybridized carbons (Fsp3) is 0.316. The normalized spacial score (nSPS) is 15.0. The van der Waals surface area contributed by atoms with Crippen LogP contribution < -0.4 is 11.1 Å². The van der Waals surface area contributed by atoms with E-state index in [1.165, 1.54) is 11.6 Å². The predicted octanol–water partition coefficient (Wildman–Crippen LogP) is 3.13. The molecule has 3 rings (SSSR count). The standard InChI is InChI=1S/C19H21BrFN3O2/c20-15-9-16(21)18(19(22)25)17(10-15)23-11-13-1-3-14(4-2-13)12-24-5-7-26-8-6-24/h1-4,9-10,23H,5-8,11-12H2,(H2,22,25). The number of nitrogens with one attached hydrogen (secondary N) is 1. The van der Waals surface area contributed by atoms with E-state index in [1.54, 1.807) is 6.07 Å². The molecule has 0 bridgehead atoms. The smallest absolute Gasteiger partial charge is 0.253 e. The van der Waals surface area contributed by atoms with Crippen LogP contribution in [0.1, 0.15) is 21.5 Å². The van der Waals surface area contributed by atoms with E-state index in [9.17, 15) is 9.18 Å². The summed E-state index contributed by atoms with van der Waals surface area (Å²) in [4.78, 5) is 13.9. The molecule has 7 heteroatoms. The maximum Gasteiger partial charge on any atom is 0.253 e. The highest BCUT2D eigenvalue weighted by Crippen LogP contribution is 2.25. The van der Waals surface area contributed by atoms with Crippen molar-refractivity contribution >= 4 is 27.5 Å². The van der Waals surface area contributed by atoms with Crippen LogP contribution in [0.3, 0.4) is 0 Å². The number of nitrogens with two attached hydrogens (primary N) is 1. The van der Waals surface area contributed by atoms with Crippen molar-refractivity contribution in [2.24, 2.45) is 5.73 Å². The molecule has 5 nitrogen and oxygen atoms in total. The molecule has 3 N–H and O–H groups in total. The first-order valence-electron chi connectivity index (χ1n) is 8.43. The van der Waals surface area contributed by atoms with Crippen molar-refractivity contribution < 1.29 is 13.9 Å². The third kappa shape index (κ3) is 4.81. The van der Waals surface area contributed by atoms with Crippen LogP contribution in [0.4, 0.5) is 10.1 Å². The van der Waals surface area contributed by atoms with E-state index in [-0.39, 0.29) is 5.56 Å². The van der Waals surface area contributed by atoms with Gasteiger partial charge in [0.15, 0.2) is 0 Å². The van der Waals surface area contributed by atoms with Crippen LogP contribution in [-0.4, -0.2) is 37.1 Å². The summed E-state index contributed by atoms with van der Waals surface area (Å²) in [6.45, 7) is 4.84. The summed E-state index contributed by atoms with van der Waals surface area (Å²) in [5.41, 5.74) is 7.82. The number of anilines is 1. The Balaban J connectivity index is 1.64. The number of benzene rings is 2. The molecule has 26 heavy (non-hydrogen) atoms. The van der Waals surface area contributed by atoms with E-state index in [0.29, 0.717) is 16.7 Å². The Hall–Kier alpha value is -1.96. The average molecular weight is 422 g/mol. The van der Waals surface area contributed by atoms with Gasteiger partial charge in [-0.2, -0.15) is 0 Å². The topological polar surface area (TPSA) is 67.6 Å². The zero-order valence-electron chi connectivity index (χ0n) is 14.3. The van der Waals surface area contributed by atoms with Gasteiger partial charge in [-0.05, 0) is 23.3 Å². The fourth-order valence-electron chi connectivity index (χ4n) is 2.94. The second kappa shape index (κ2) is 8.62. The minimum atomic E-state index is -0.793. The number of amides is 1. The number of hydrogen-bond donors (Lipinski definition) is 2. The van der Waals surface area contributed by atoms with Crippen molar-refractivity contribution in [3.05, 3.63) is 63.4 Å². The molecule has 1 fully saturated rings. The minimum absolute atomic E-state index is 0.128. The molecule has 1 heterocycles. The molecule has 2 aromatic rings. The van der Waals surface area contributed by atoms with Crippen molar-refractivity contribution in [2.75, 3.05) is 31.6 Å². The van der Waals surface area contributed by atoms with Gasteiger partial charge in [0.1, 0.15) is 5.82 Å². The molecule has 0 saturated carbocycles. The van der Waals surface area contributed by atoms with E-state index in [4.69, 9.17) is 10.5 Å². The second-order valence-electron chi connectivity index (χ2n) is 6.23. The third-order valence-corrected chi connectivity index (χ3v) is 4.78. The van der Waals surface area contributed by atoms with Crippen LogP contribution in [0, 0.1) is 5.82 Å². The highest BCUT2D eigenvalue weighted by molar-refractivity contribution is 9.10. The molecular weight excluding hydrogens is 401 g/mol. The lowest BCUT2D eigenvalue weighted by atomic mass is 10.1. The van der Waals surface area contributed by atoms with Gasteiger partial charge in [0.25, 0.3) is 5.91 Å². The zero-order chi connectivity index (χ0) is 18.5. The SMILES string of the molecule is NC(=O)c1c(F)cc(Br)cc1NCc1ccc(CN2CCOCC2)cc1. The number of halogens is 2. The summed E-state index contributed by atoms with van der Waals surface area (Å²) in [5, 5.41) is 3.10. The first-order chi connectivity index (χ1) is 12.5. The number of rotatable bonds is 6. The Kier molecular flexibility index (Phi) is 6.24. The molecule has 2 aromatic carbocycles. The van der Waals surface area contributed by atoms with E-state index >= 15 is 0 Å². The number of primary amides is 1. The Morgan fingerprint density at radius 3 is 2.50 bits per heavy atom. The Morgan fingerprint density at radius 2 is 1.85 bits per heavy atom. The number of morpholine rings is 1. The van der Waals surface area contributed by atoms with Crippen LogP contribution in [0.2, 0.25) is 0 Å². The van der Waals surface area contributed by atoms with Gasteiger partial charge < -0.3 is 15.8 Å². The van der Waals surface area contributed by atoms with Crippen molar-refractivity contribution in [1.29, 1.82) is 0 Å². The number of nitrogens with zero attached hydrogens (tertiary/aromatic N) is 1. The molecule has 0 aliphatic carbocycles. The lowest BCUT2D eigenvalue weighted by Crippen LogP contribution is -2.35. The lowest BCUT2D eigenvalue weighted by molar-refractivity contribution is 0.0342. The van der Waals surface area contributed by atoms with Crippen molar-refractivity contribution in [1.82, 2.24) is 4.90 Å². The summed E-state index contributed by atoms with van der Waals surface area (Å²) in [6.07, 6.45) is 0. The van der Waals surface area contributed by atoms with Gasteiger partial charge in [0, 0.05) is 30.7 Å². The Bertz CT molecular complexity index is 777. The fourth-order valence-corrected chi connectivity index (χ4v) is 3.37. The number of carbonyl (C=O) groups is 1. The molecule has 1 aliphatic rings. The summed E-state index contributed by atoms with van der Waals surface area (Å²) in [6, 6.07) is 11.1. The zero-order valence-corrected chi connectivity index (χ0v) is 15.9. The first-order valence-corrected chi connectivity index (χ1v) is 9.23. The van der Waals surface area contributed by atoms with Crippen LogP contribution in [0.15, 0.2) is 40.9 Å². The van der Waals surface area contributed by atoms with E-state index in [0.717, 1.165) is 38.4 Å². The van der Waals surface area contributed by atoms with Crippen molar-refractivity contribution in [3.8, 4) is 0 Å². The maximum atomic E-state index is 14.0. The van der Waals surface area contributed by atoms with Gasteiger partial charge in [-0.3, -0.25) is 9.69 Å². The number of ether oxygens (including phenoxy) is 1. The monoisotopic (exact) mass is 421 g/mol. The van der Waals surface area contributed by atoms with E-state index in [2.05, 4.69) is 38.3 Å². The Morgan fingerprint density at radius 1 is 1.19 bits per heavy atom. The number of hydrogen-bond acceptors (Lipinski definition) is 4. The molecular formula is C19H21BrFN3O2. The van der Waals surface area contributed by atoms with Crippen molar-refractivity contribution in [2.45, 2.75) is 13.1 Å². The number of carbonyl (C=O) groups excluding carboxylic acids is 1. The van der Waals surface area contributed by atoms with Gasteiger partial charge in [-0.1, -0.05) is 40.2 Å². The van der Waals surface area contributed by atoms with Gasteiger partial charge in [0.2, 0.25) is 0 Å². The quantitative estimate of drug-likeness (QED) is 0.751. The molecule has 0 aromatic heterocycles. The highest BCUT2D eigenvalue weighted by atomic mass is 79.9. The molecule has 1 saturated heterocycles. The van der Waals surface area contributed by atoms with Gasteiger partial charge in [-0.25, -0.2) is 4.39 Å². The molecule has 138 valence electrons. The average Bonchev–Trinajstić information content (AvgIpc) is 2.61. The van der Waals surface area contributed by atoms with E-state index in [1.807, 2.05) is 12.1 Å². The van der Waals surface area contributed by atoms with Gasteiger partial charge >= 0.3 is 0 Å². The minimum Gasteiger partial charge on any atom is -0.380 e. The molecule has 0 unspecified atom stereocenters. The molecule has 1 aliphatic heterocycles. The summed E-state index contributed by atoms with van der Waals surface area (Å²) < 4.78 is 19.9. The largest absolute Gasteiger partial charge is 0.380 e. The predicted molar refractivity (Wildman–Crippen MR) is 102 cm³/mol. The molecule has 0 atom stereocenters. The van der Waals surface area contributed by atoms with Crippen LogP contribution in [-0.2, 0) is 17.8 Å². The summed E-state index contributed by atoms with van der Waals surface area (Å²) in [7, 11) is 0. The third-order valence-electron chi connectivity index (χ3n) is 4.32. The van der Waals surface area contributed by atoms with Crippen molar-refractivity contribution in [3.63, 3.8) is 0 Å². The van der Waals surface area contributed by atoms with Crippen LogP contribution in [0.25, 0.3) is 0 Å². The molecule has 0 spiro atoms. The first kappa shape index (κ1) is 18.8. The summed E-state index contributed by atoms with van der Waals surface area (Å²) in [5.74, 6) is -1.44. The van der Waals surface area contributed by atoms with Gasteiger partial charge in [-0.15, -0.1) is 0 Å². The van der Waals surface area contributed by atoms with Crippen LogP contribution >= 0.6 is 15.9 Å². The maximum absolute atomic E-state index is 14.0. The highest BCUT2D eigenvalue weighted by Gasteiger charge is 2.15. The van der Waals surface area contributed by atoms with Crippen LogP contribution in [0.5, 0.6) is 0 Å². The Labute approximate surface area is 160 Å². The second-order valence-corrected chi connectivity index (χ2v) is 7.15. The molecule has 1 amide bonds. The molecule has 0 radical (unpaired) electrons. The van der Waals surface area contributed by atoms with E-state index < -0.39 is 11.7 Å².